The number of aromatic amines is 1. The first-order valence-corrected chi connectivity index (χ1v) is 11.3. The van der Waals surface area contributed by atoms with E-state index in [2.05, 4.69) is 29.4 Å². The second-order valence-electron chi connectivity index (χ2n) is 8.42. The Balaban J connectivity index is 1.31. The number of carbonyl (C=O) groups excluding carboxylic acids is 1. The van der Waals surface area contributed by atoms with Crippen LogP contribution >= 0.6 is 11.3 Å². The number of fused-ring (bicyclic) bond motifs is 1. The minimum absolute atomic E-state index is 0.0488. The van der Waals surface area contributed by atoms with Gasteiger partial charge in [-0.15, -0.1) is 11.3 Å². The number of benzene rings is 1. The van der Waals surface area contributed by atoms with Crippen LogP contribution in [0.4, 0.5) is 0 Å². The van der Waals surface area contributed by atoms with Crippen molar-refractivity contribution < 1.29 is 4.79 Å². The molecule has 0 aliphatic heterocycles. The van der Waals surface area contributed by atoms with E-state index in [1.54, 1.807) is 0 Å². The summed E-state index contributed by atoms with van der Waals surface area (Å²) >= 11 is 1.83. The number of aryl methyl sites for hydroxylation is 1. The lowest BCUT2D eigenvalue weighted by molar-refractivity contribution is -0.123. The number of hydrogen-bond donors (Lipinski definition) is 2. The lowest BCUT2D eigenvalue weighted by Gasteiger charge is -2.30. The van der Waals surface area contributed by atoms with Crippen molar-refractivity contribution in [2.75, 3.05) is 0 Å². The molecule has 5 heteroatoms. The van der Waals surface area contributed by atoms with Crippen molar-refractivity contribution in [3.05, 3.63) is 52.0 Å². The van der Waals surface area contributed by atoms with E-state index in [0.29, 0.717) is 5.92 Å². The van der Waals surface area contributed by atoms with Gasteiger partial charge in [-0.1, -0.05) is 31.4 Å². The monoisotopic (exact) mass is 393 g/mol. The molecule has 0 radical (unpaired) electrons. The molecule has 3 atom stereocenters. The molecular weight excluding hydrogens is 366 g/mol. The van der Waals surface area contributed by atoms with Crippen molar-refractivity contribution in [3.8, 4) is 0 Å². The quantitative estimate of drug-likeness (QED) is 0.603. The summed E-state index contributed by atoms with van der Waals surface area (Å²) < 4.78 is 0. The van der Waals surface area contributed by atoms with Gasteiger partial charge in [0.05, 0.1) is 17.1 Å². The van der Waals surface area contributed by atoms with Crippen molar-refractivity contribution in [2.24, 2.45) is 11.8 Å². The third-order valence-electron chi connectivity index (χ3n) is 6.37. The largest absolute Gasteiger partial charge is 0.348 e. The van der Waals surface area contributed by atoms with Crippen LogP contribution in [-0.4, -0.2) is 15.9 Å². The first kappa shape index (κ1) is 17.9. The van der Waals surface area contributed by atoms with Crippen LogP contribution in [0.3, 0.4) is 0 Å². The number of rotatable bonds is 5. The molecule has 3 aromatic rings. The third kappa shape index (κ3) is 3.48. The zero-order valence-corrected chi connectivity index (χ0v) is 17.1. The summed E-state index contributed by atoms with van der Waals surface area (Å²) in [6.45, 7) is 2.15. The standard InChI is InChI=1S/C23H27N3OS/c1-14-11-12-20(28-14)21(15-7-3-2-4-8-15)26-23(27)17-13-16(17)22-24-18-9-5-6-10-19(18)25-22/h5-6,9-12,15-17,21H,2-4,7-8,13H2,1H3,(H,24,25)(H,26,27)/t16-,17-,21-/m0/s1. The molecule has 2 heterocycles. The maximum atomic E-state index is 13.1. The maximum absolute atomic E-state index is 13.1. The first-order valence-electron chi connectivity index (χ1n) is 10.5. The smallest absolute Gasteiger partial charge is 0.224 e. The highest BCUT2D eigenvalue weighted by Crippen LogP contribution is 2.47. The van der Waals surface area contributed by atoms with E-state index in [-0.39, 0.29) is 23.8 Å². The molecule has 2 saturated carbocycles. The van der Waals surface area contributed by atoms with E-state index in [4.69, 9.17) is 4.98 Å². The number of para-hydroxylation sites is 2. The summed E-state index contributed by atoms with van der Waals surface area (Å²) in [7, 11) is 0. The van der Waals surface area contributed by atoms with Gasteiger partial charge in [0, 0.05) is 21.6 Å². The molecule has 0 saturated heterocycles. The first-order chi connectivity index (χ1) is 13.7. The van der Waals surface area contributed by atoms with Crippen molar-refractivity contribution in [1.29, 1.82) is 0 Å². The number of hydrogen-bond acceptors (Lipinski definition) is 3. The van der Waals surface area contributed by atoms with E-state index in [1.165, 1.54) is 41.9 Å². The van der Waals surface area contributed by atoms with Crippen molar-refractivity contribution >= 4 is 28.3 Å². The van der Waals surface area contributed by atoms with Gasteiger partial charge in [-0.05, 0) is 56.4 Å². The Bertz CT molecular complexity index is 952. The van der Waals surface area contributed by atoms with Gasteiger partial charge in [-0.25, -0.2) is 4.98 Å². The number of nitrogens with one attached hydrogen (secondary N) is 2. The Morgan fingerprint density at radius 3 is 2.75 bits per heavy atom. The maximum Gasteiger partial charge on any atom is 0.224 e. The van der Waals surface area contributed by atoms with Gasteiger partial charge in [0.25, 0.3) is 0 Å². The number of thiophene rings is 1. The van der Waals surface area contributed by atoms with Crippen LogP contribution < -0.4 is 5.32 Å². The van der Waals surface area contributed by atoms with Gasteiger partial charge in [-0.2, -0.15) is 0 Å². The Kier molecular flexibility index (Phi) is 4.71. The average molecular weight is 394 g/mol. The molecular formula is C23H27N3OS. The summed E-state index contributed by atoms with van der Waals surface area (Å²) in [6.07, 6.45) is 7.24. The topological polar surface area (TPSA) is 57.8 Å². The molecule has 2 N–H and O–H groups in total. The molecule has 5 rings (SSSR count). The van der Waals surface area contributed by atoms with Crippen LogP contribution in [0.2, 0.25) is 0 Å². The molecule has 2 aliphatic carbocycles. The van der Waals surface area contributed by atoms with E-state index in [0.717, 1.165) is 23.3 Å². The van der Waals surface area contributed by atoms with Crippen molar-refractivity contribution in [2.45, 2.75) is 57.4 Å². The van der Waals surface area contributed by atoms with E-state index >= 15 is 0 Å². The van der Waals surface area contributed by atoms with Gasteiger partial charge in [0.15, 0.2) is 0 Å². The minimum Gasteiger partial charge on any atom is -0.348 e. The fourth-order valence-electron chi connectivity index (χ4n) is 4.70. The molecule has 2 fully saturated rings. The molecule has 4 nitrogen and oxygen atoms in total. The number of nitrogens with zero attached hydrogens (tertiary/aromatic N) is 1. The SMILES string of the molecule is Cc1ccc([C@@H](NC(=O)[C@H]2C[C@@H]2c2nc3ccccc3[nH]2)C2CCCCC2)s1. The number of carbonyl (C=O) groups is 1. The van der Waals surface area contributed by atoms with E-state index in [1.807, 2.05) is 35.6 Å². The molecule has 0 spiro atoms. The van der Waals surface area contributed by atoms with Gasteiger partial charge >= 0.3 is 0 Å². The number of H-pyrrole nitrogens is 1. The normalized spacial score (nSPS) is 23.6. The molecule has 2 aliphatic rings. The second-order valence-corrected chi connectivity index (χ2v) is 9.74. The molecule has 0 bridgehead atoms. The molecule has 1 amide bonds. The molecule has 1 aromatic carbocycles. The number of imidazole rings is 1. The molecule has 146 valence electrons. The molecule has 0 unspecified atom stereocenters. The summed E-state index contributed by atoms with van der Waals surface area (Å²) in [6, 6.07) is 12.6. The summed E-state index contributed by atoms with van der Waals surface area (Å²) in [4.78, 5) is 23.8. The predicted molar refractivity (Wildman–Crippen MR) is 113 cm³/mol. The Morgan fingerprint density at radius 1 is 1.18 bits per heavy atom. The highest BCUT2D eigenvalue weighted by atomic mass is 32.1. The number of aromatic nitrogens is 2. The minimum atomic E-state index is 0.0488. The predicted octanol–water partition coefficient (Wildman–Crippen LogP) is 5.47. The lowest BCUT2D eigenvalue weighted by atomic mass is 9.83. The van der Waals surface area contributed by atoms with Gasteiger partial charge in [0.1, 0.15) is 5.82 Å². The van der Waals surface area contributed by atoms with Crippen LogP contribution in [0, 0.1) is 18.8 Å². The van der Waals surface area contributed by atoms with Crippen LogP contribution in [-0.2, 0) is 4.79 Å². The lowest BCUT2D eigenvalue weighted by Crippen LogP contribution is -2.35. The van der Waals surface area contributed by atoms with E-state index in [9.17, 15) is 4.79 Å². The van der Waals surface area contributed by atoms with Crippen molar-refractivity contribution in [1.82, 2.24) is 15.3 Å². The van der Waals surface area contributed by atoms with Gasteiger partial charge in [-0.3, -0.25) is 4.79 Å². The van der Waals surface area contributed by atoms with Crippen LogP contribution in [0.1, 0.15) is 66.1 Å². The second kappa shape index (κ2) is 7.36. The highest BCUT2D eigenvalue weighted by molar-refractivity contribution is 7.12. The average Bonchev–Trinajstić information content (AvgIpc) is 3.22. The highest BCUT2D eigenvalue weighted by Gasteiger charge is 2.47. The van der Waals surface area contributed by atoms with Crippen LogP contribution in [0.15, 0.2) is 36.4 Å². The zero-order valence-electron chi connectivity index (χ0n) is 16.3. The number of amides is 1. The third-order valence-corrected chi connectivity index (χ3v) is 7.46. The van der Waals surface area contributed by atoms with Gasteiger partial charge in [0.2, 0.25) is 5.91 Å². The summed E-state index contributed by atoms with van der Waals surface area (Å²) in [5, 5.41) is 3.44. The van der Waals surface area contributed by atoms with Crippen LogP contribution in [0.25, 0.3) is 11.0 Å². The Hall–Kier alpha value is -2.14. The van der Waals surface area contributed by atoms with Gasteiger partial charge < -0.3 is 10.3 Å². The fraction of sp³-hybridized carbons (Fsp3) is 0.478. The summed E-state index contributed by atoms with van der Waals surface area (Å²) in [5.74, 6) is 2.01. The fourth-order valence-corrected chi connectivity index (χ4v) is 5.73. The molecule has 2 aromatic heterocycles. The Morgan fingerprint density at radius 2 is 2.00 bits per heavy atom. The Labute approximate surface area is 169 Å². The summed E-state index contributed by atoms with van der Waals surface area (Å²) in [5.41, 5.74) is 2.04. The molecule has 28 heavy (non-hydrogen) atoms. The van der Waals surface area contributed by atoms with E-state index < -0.39 is 0 Å². The van der Waals surface area contributed by atoms with Crippen LogP contribution in [0.5, 0.6) is 0 Å². The zero-order chi connectivity index (χ0) is 19.1. The van der Waals surface area contributed by atoms with Crippen molar-refractivity contribution in [3.63, 3.8) is 0 Å².